The quantitative estimate of drug-likeness (QED) is 0.602. The predicted octanol–water partition coefficient (Wildman–Crippen LogP) is 5.24. The highest BCUT2D eigenvalue weighted by Crippen LogP contribution is 2.23. The molecular weight excluding hydrogens is 329 g/mol. The zero-order chi connectivity index (χ0) is 13.4. The standard InChI is InChI=1S/C15H10BrClFN/c16-12-2-4-15-11(8-12)5-6-19(15)9-10-1-3-14(18)13(17)7-10/h1-8H,9H2. The Morgan fingerprint density at radius 3 is 2.74 bits per heavy atom. The average Bonchev–Trinajstić information content (AvgIpc) is 2.76. The molecule has 2 aromatic carbocycles. The molecule has 0 unspecified atom stereocenters. The topological polar surface area (TPSA) is 4.93 Å². The maximum absolute atomic E-state index is 13.1. The third-order valence-corrected chi connectivity index (χ3v) is 3.85. The first-order valence-electron chi connectivity index (χ1n) is 5.82. The Morgan fingerprint density at radius 1 is 1.11 bits per heavy atom. The second kappa shape index (κ2) is 4.99. The van der Waals surface area contributed by atoms with Crippen molar-refractivity contribution in [3.05, 3.63) is 69.5 Å². The van der Waals surface area contributed by atoms with Gasteiger partial charge in [0.15, 0.2) is 0 Å². The number of benzene rings is 2. The van der Waals surface area contributed by atoms with Gasteiger partial charge in [-0.3, -0.25) is 0 Å². The van der Waals surface area contributed by atoms with Crippen LogP contribution in [-0.2, 0) is 6.54 Å². The first kappa shape index (κ1) is 12.7. The Labute approximate surface area is 123 Å². The van der Waals surface area contributed by atoms with Crippen LogP contribution in [0.1, 0.15) is 5.56 Å². The summed E-state index contributed by atoms with van der Waals surface area (Å²) >= 11 is 9.26. The number of fused-ring (bicyclic) bond motifs is 1. The molecule has 0 radical (unpaired) electrons. The fourth-order valence-electron chi connectivity index (χ4n) is 2.14. The third kappa shape index (κ3) is 2.53. The third-order valence-electron chi connectivity index (χ3n) is 3.07. The fourth-order valence-corrected chi connectivity index (χ4v) is 2.73. The molecule has 1 aromatic heterocycles. The number of halogens is 3. The SMILES string of the molecule is Fc1ccc(Cn2ccc3cc(Br)ccc32)cc1Cl. The molecule has 19 heavy (non-hydrogen) atoms. The van der Waals surface area contributed by atoms with Crippen LogP contribution in [0.25, 0.3) is 10.9 Å². The van der Waals surface area contributed by atoms with Crippen LogP contribution in [0.3, 0.4) is 0 Å². The average molecular weight is 339 g/mol. The van der Waals surface area contributed by atoms with Gasteiger partial charge in [0.25, 0.3) is 0 Å². The van der Waals surface area contributed by atoms with Gasteiger partial charge < -0.3 is 4.57 Å². The minimum Gasteiger partial charge on any atom is -0.343 e. The van der Waals surface area contributed by atoms with Crippen LogP contribution >= 0.6 is 27.5 Å². The molecule has 96 valence electrons. The summed E-state index contributed by atoms with van der Waals surface area (Å²) in [7, 11) is 0. The van der Waals surface area contributed by atoms with Crippen molar-refractivity contribution in [2.24, 2.45) is 0 Å². The Balaban J connectivity index is 1.98. The smallest absolute Gasteiger partial charge is 0.141 e. The van der Waals surface area contributed by atoms with Crippen LogP contribution < -0.4 is 0 Å². The maximum atomic E-state index is 13.1. The molecule has 0 bridgehead atoms. The van der Waals surface area contributed by atoms with Crippen molar-refractivity contribution in [1.29, 1.82) is 0 Å². The van der Waals surface area contributed by atoms with E-state index in [1.807, 2.05) is 12.3 Å². The van der Waals surface area contributed by atoms with E-state index in [4.69, 9.17) is 11.6 Å². The normalized spacial score (nSPS) is 11.1. The van der Waals surface area contributed by atoms with Gasteiger partial charge in [0, 0.05) is 28.1 Å². The first-order valence-corrected chi connectivity index (χ1v) is 6.99. The lowest BCUT2D eigenvalue weighted by molar-refractivity contribution is 0.627. The van der Waals surface area contributed by atoms with Crippen LogP contribution in [0.4, 0.5) is 4.39 Å². The van der Waals surface area contributed by atoms with Gasteiger partial charge in [-0.1, -0.05) is 33.6 Å². The summed E-state index contributed by atoms with van der Waals surface area (Å²) in [5.41, 5.74) is 2.12. The predicted molar refractivity (Wildman–Crippen MR) is 80.2 cm³/mol. The summed E-state index contributed by atoms with van der Waals surface area (Å²) in [5, 5.41) is 1.33. The Hall–Kier alpha value is -1.32. The van der Waals surface area contributed by atoms with Gasteiger partial charge in [-0.05, 0) is 42.0 Å². The van der Waals surface area contributed by atoms with E-state index in [9.17, 15) is 4.39 Å². The van der Waals surface area contributed by atoms with Crippen molar-refractivity contribution in [3.63, 3.8) is 0 Å². The zero-order valence-electron chi connectivity index (χ0n) is 9.91. The monoisotopic (exact) mass is 337 g/mol. The number of aromatic nitrogens is 1. The van der Waals surface area contributed by atoms with Crippen LogP contribution in [-0.4, -0.2) is 4.57 Å². The fraction of sp³-hybridized carbons (Fsp3) is 0.0667. The molecule has 0 aliphatic heterocycles. The number of nitrogens with zero attached hydrogens (tertiary/aromatic N) is 1. The summed E-state index contributed by atoms with van der Waals surface area (Å²) in [6, 6.07) is 13.0. The molecule has 3 aromatic rings. The van der Waals surface area contributed by atoms with Gasteiger partial charge in [-0.25, -0.2) is 4.39 Å². The minimum absolute atomic E-state index is 0.164. The lowest BCUT2D eigenvalue weighted by Crippen LogP contribution is -1.98. The lowest BCUT2D eigenvalue weighted by atomic mass is 10.2. The minimum atomic E-state index is -0.383. The van der Waals surface area contributed by atoms with Gasteiger partial charge in [0.2, 0.25) is 0 Å². The molecular formula is C15H10BrClFN. The van der Waals surface area contributed by atoms with E-state index in [0.29, 0.717) is 6.54 Å². The largest absolute Gasteiger partial charge is 0.343 e. The summed E-state index contributed by atoms with van der Waals surface area (Å²) in [4.78, 5) is 0. The van der Waals surface area contributed by atoms with Crippen molar-refractivity contribution in [3.8, 4) is 0 Å². The molecule has 0 aliphatic carbocycles. The van der Waals surface area contributed by atoms with Crippen molar-refractivity contribution in [2.45, 2.75) is 6.54 Å². The highest BCUT2D eigenvalue weighted by molar-refractivity contribution is 9.10. The molecule has 0 atom stereocenters. The Bertz CT molecular complexity index is 751. The molecule has 1 heterocycles. The molecule has 0 saturated heterocycles. The van der Waals surface area contributed by atoms with E-state index in [1.165, 1.54) is 11.5 Å². The highest BCUT2D eigenvalue weighted by atomic mass is 79.9. The molecule has 1 nitrogen and oxygen atoms in total. The van der Waals surface area contributed by atoms with Crippen LogP contribution in [0.5, 0.6) is 0 Å². The van der Waals surface area contributed by atoms with Crippen LogP contribution in [0, 0.1) is 5.82 Å². The van der Waals surface area contributed by atoms with Gasteiger partial charge in [0.05, 0.1) is 5.02 Å². The molecule has 0 fully saturated rings. The van der Waals surface area contributed by atoms with E-state index in [1.54, 1.807) is 12.1 Å². The summed E-state index contributed by atoms with van der Waals surface area (Å²) in [5.74, 6) is -0.383. The van der Waals surface area contributed by atoms with E-state index in [-0.39, 0.29) is 10.8 Å². The Morgan fingerprint density at radius 2 is 1.95 bits per heavy atom. The molecule has 4 heteroatoms. The second-order valence-corrected chi connectivity index (χ2v) is 5.72. The van der Waals surface area contributed by atoms with Crippen LogP contribution in [0.2, 0.25) is 5.02 Å². The summed E-state index contributed by atoms with van der Waals surface area (Å²) < 4.78 is 16.3. The van der Waals surface area contributed by atoms with E-state index < -0.39 is 0 Å². The van der Waals surface area contributed by atoms with Crippen molar-refractivity contribution < 1.29 is 4.39 Å². The van der Waals surface area contributed by atoms with E-state index in [0.717, 1.165) is 15.6 Å². The van der Waals surface area contributed by atoms with Gasteiger partial charge >= 0.3 is 0 Å². The zero-order valence-corrected chi connectivity index (χ0v) is 12.2. The lowest BCUT2D eigenvalue weighted by Gasteiger charge is -2.06. The number of hydrogen-bond donors (Lipinski definition) is 0. The van der Waals surface area contributed by atoms with Crippen molar-refractivity contribution in [2.75, 3.05) is 0 Å². The molecule has 0 aliphatic rings. The van der Waals surface area contributed by atoms with Gasteiger partial charge in [0.1, 0.15) is 5.82 Å². The molecule has 0 N–H and O–H groups in total. The second-order valence-electron chi connectivity index (χ2n) is 4.40. The van der Waals surface area contributed by atoms with Crippen LogP contribution in [0.15, 0.2) is 53.1 Å². The summed E-state index contributed by atoms with van der Waals surface area (Å²) in [6.45, 7) is 0.672. The number of hydrogen-bond acceptors (Lipinski definition) is 0. The Kier molecular flexibility index (Phi) is 3.33. The summed E-state index contributed by atoms with van der Waals surface area (Å²) in [6.07, 6.45) is 2.02. The van der Waals surface area contributed by atoms with E-state index >= 15 is 0 Å². The van der Waals surface area contributed by atoms with Gasteiger partial charge in [-0.2, -0.15) is 0 Å². The number of rotatable bonds is 2. The van der Waals surface area contributed by atoms with Gasteiger partial charge in [-0.15, -0.1) is 0 Å². The van der Waals surface area contributed by atoms with Crippen molar-refractivity contribution in [1.82, 2.24) is 4.57 Å². The first-order chi connectivity index (χ1) is 9.13. The highest BCUT2D eigenvalue weighted by Gasteiger charge is 2.05. The molecule has 0 saturated carbocycles. The maximum Gasteiger partial charge on any atom is 0.141 e. The van der Waals surface area contributed by atoms with Crippen molar-refractivity contribution >= 4 is 38.4 Å². The van der Waals surface area contributed by atoms with E-state index in [2.05, 4.69) is 38.7 Å². The molecule has 0 amide bonds. The molecule has 3 rings (SSSR count). The molecule has 0 spiro atoms.